The van der Waals surface area contributed by atoms with Crippen molar-refractivity contribution < 1.29 is 14.6 Å². The first kappa shape index (κ1) is 25.5. The molecule has 3 aromatic carbocycles. The fourth-order valence-electron chi connectivity index (χ4n) is 4.64. The Bertz CT molecular complexity index is 1310. The summed E-state index contributed by atoms with van der Waals surface area (Å²) in [5, 5.41) is 11.0. The average Bonchev–Trinajstić information content (AvgIpc) is 3.24. The number of aromatic carboxylic acids is 1. The maximum absolute atomic E-state index is 12.2. The third kappa shape index (κ3) is 5.61. The molecule has 1 N–H and O–H groups in total. The molecular formula is C30H35N3O3. The zero-order chi connectivity index (χ0) is 25.7. The fraction of sp³-hybridized carbons (Fsp3) is 0.300. The first-order valence-corrected chi connectivity index (χ1v) is 12.3. The number of rotatable bonds is 11. The molecule has 1 unspecified atom stereocenters. The van der Waals surface area contributed by atoms with Crippen molar-refractivity contribution in [2.24, 2.45) is 0 Å². The number of fused-ring (bicyclic) bond motifs is 1. The topological polar surface area (TPSA) is 57.9 Å². The quantitative estimate of drug-likeness (QED) is 0.302. The van der Waals surface area contributed by atoms with Crippen molar-refractivity contribution in [1.29, 1.82) is 0 Å². The number of hydrogen-bond donors (Lipinski definition) is 1. The Kier molecular flexibility index (Phi) is 8.08. The van der Waals surface area contributed by atoms with E-state index in [0.717, 1.165) is 46.4 Å². The van der Waals surface area contributed by atoms with Gasteiger partial charge in [0.05, 0.1) is 0 Å². The molecule has 4 rings (SSSR count). The SMILES string of the molecule is CN(C)CCOc1ccccc1C(c1ccccc1)c1cccc2c1cc(C(=O)O)n2CCN(C)C. The van der Waals surface area contributed by atoms with Crippen LogP contribution in [0.3, 0.4) is 0 Å². The molecule has 1 atom stereocenters. The van der Waals surface area contributed by atoms with Crippen LogP contribution in [0.2, 0.25) is 0 Å². The molecule has 6 nitrogen and oxygen atoms in total. The number of carboxylic acid groups (broad SMARTS) is 1. The lowest BCUT2D eigenvalue weighted by molar-refractivity contribution is 0.0685. The van der Waals surface area contributed by atoms with Crippen LogP contribution in [0.1, 0.15) is 33.1 Å². The molecule has 0 radical (unpaired) electrons. The van der Waals surface area contributed by atoms with E-state index in [1.165, 1.54) is 0 Å². The average molecular weight is 486 g/mol. The van der Waals surface area contributed by atoms with Gasteiger partial charge in [0, 0.05) is 42.0 Å². The first-order valence-electron chi connectivity index (χ1n) is 12.3. The highest BCUT2D eigenvalue weighted by molar-refractivity contribution is 5.96. The third-order valence-electron chi connectivity index (χ3n) is 6.44. The molecule has 0 fully saturated rings. The molecule has 4 aromatic rings. The molecule has 0 saturated heterocycles. The second kappa shape index (κ2) is 11.4. The van der Waals surface area contributed by atoms with E-state index in [1.807, 2.05) is 87.4 Å². The molecular weight excluding hydrogens is 450 g/mol. The Hall–Kier alpha value is -3.61. The van der Waals surface area contributed by atoms with Crippen LogP contribution in [-0.2, 0) is 6.54 Å². The van der Waals surface area contributed by atoms with Crippen molar-refractivity contribution in [3.63, 3.8) is 0 Å². The summed E-state index contributed by atoms with van der Waals surface area (Å²) >= 11 is 0. The normalized spacial score (nSPS) is 12.4. The summed E-state index contributed by atoms with van der Waals surface area (Å²) in [5.74, 6) is -0.188. The van der Waals surface area contributed by atoms with Crippen molar-refractivity contribution in [3.05, 3.63) is 101 Å². The maximum atomic E-state index is 12.2. The summed E-state index contributed by atoms with van der Waals surface area (Å²) in [7, 11) is 8.06. The van der Waals surface area contributed by atoms with Gasteiger partial charge in [-0.1, -0.05) is 60.7 Å². The van der Waals surface area contributed by atoms with Gasteiger partial charge in [-0.3, -0.25) is 0 Å². The second-order valence-electron chi connectivity index (χ2n) is 9.60. The van der Waals surface area contributed by atoms with E-state index in [4.69, 9.17) is 4.74 Å². The predicted molar refractivity (Wildman–Crippen MR) is 145 cm³/mol. The van der Waals surface area contributed by atoms with E-state index < -0.39 is 5.97 Å². The summed E-state index contributed by atoms with van der Waals surface area (Å²) in [6.45, 7) is 2.75. The lowest BCUT2D eigenvalue weighted by Gasteiger charge is -2.23. The Morgan fingerprint density at radius 1 is 0.861 bits per heavy atom. The second-order valence-corrected chi connectivity index (χ2v) is 9.60. The number of aromatic nitrogens is 1. The van der Waals surface area contributed by atoms with Gasteiger partial charge in [0.15, 0.2) is 0 Å². The molecule has 0 amide bonds. The molecule has 188 valence electrons. The summed E-state index contributed by atoms with van der Waals surface area (Å²) in [6, 6.07) is 26.5. The largest absolute Gasteiger partial charge is 0.492 e. The summed E-state index contributed by atoms with van der Waals surface area (Å²) in [5.41, 5.74) is 4.49. The van der Waals surface area contributed by atoms with Crippen molar-refractivity contribution in [3.8, 4) is 5.75 Å². The van der Waals surface area contributed by atoms with E-state index >= 15 is 0 Å². The zero-order valence-corrected chi connectivity index (χ0v) is 21.5. The summed E-state index contributed by atoms with van der Waals surface area (Å²) in [4.78, 5) is 16.4. The van der Waals surface area contributed by atoms with Crippen LogP contribution in [0.4, 0.5) is 0 Å². The number of para-hydroxylation sites is 1. The van der Waals surface area contributed by atoms with Crippen LogP contribution >= 0.6 is 0 Å². The van der Waals surface area contributed by atoms with E-state index in [9.17, 15) is 9.90 Å². The smallest absolute Gasteiger partial charge is 0.352 e. The van der Waals surface area contributed by atoms with Gasteiger partial charge < -0.3 is 24.2 Å². The van der Waals surface area contributed by atoms with Gasteiger partial charge in [0.2, 0.25) is 0 Å². The lowest BCUT2D eigenvalue weighted by Crippen LogP contribution is -2.20. The van der Waals surface area contributed by atoms with Crippen molar-refractivity contribution in [1.82, 2.24) is 14.4 Å². The molecule has 6 heteroatoms. The van der Waals surface area contributed by atoms with Crippen molar-refractivity contribution >= 4 is 16.9 Å². The van der Waals surface area contributed by atoms with Crippen LogP contribution in [0.5, 0.6) is 5.75 Å². The number of carboxylic acids is 1. The van der Waals surface area contributed by atoms with Crippen LogP contribution in [0.15, 0.2) is 78.9 Å². The highest BCUT2D eigenvalue weighted by Gasteiger charge is 2.25. The number of carbonyl (C=O) groups is 1. The first-order chi connectivity index (χ1) is 17.4. The minimum Gasteiger partial charge on any atom is -0.492 e. The minimum absolute atomic E-state index is 0.114. The number of ether oxygens (including phenoxy) is 1. The van der Waals surface area contributed by atoms with E-state index in [2.05, 4.69) is 34.1 Å². The van der Waals surface area contributed by atoms with E-state index in [0.29, 0.717) is 18.8 Å². The zero-order valence-electron chi connectivity index (χ0n) is 21.5. The standard InChI is InChI=1S/C30H35N3O3/c1-31(2)17-18-33-26-15-10-14-23(25(26)21-27(33)30(34)35)29(22-11-6-5-7-12-22)24-13-8-9-16-28(24)36-20-19-32(3)4/h5-16,21,29H,17-20H2,1-4H3,(H,34,35). The molecule has 0 bridgehead atoms. The van der Waals surface area contributed by atoms with Crippen molar-refractivity contribution in [2.45, 2.75) is 12.5 Å². The van der Waals surface area contributed by atoms with E-state index in [1.54, 1.807) is 0 Å². The molecule has 0 aliphatic rings. The molecule has 1 aromatic heterocycles. The van der Waals surface area contributed by atoms with Gasteiger partial charge in [-0.25, -0.2) is 4.79 Å². The number of benzene rings is 3. The molecule has 0 saturated carbocycles. The molecule has 0 aliphatic carbocycles. The van der Waals surface area contributed by atoms with Gasteiger partial charge in [0.25, 0.3) is 0 Å². The maximum Gasteiger partial charge on any atom is 0.352 e. The molecule has 36 heavy (non-hydrogen) atoms. The number of nitrogens with zero attached hydrogens (tertiary/aromatic N) is 3. The number of hydrogen-bond acceptors (Lipinski definition) is 4. The van der Waals surface area contributed by atoms with E-state index in [-0.39, 0.29) is 5.92 Å². The molecule has 0 aliphatic heterocycles. The van der Waals surface area contributed by atoms with Crippen LogP contribution in [0, 0.1) is 0 Å². The fourth-order valence-corrected chi connectivity index (χ4v) is 4.64. The Labute approximate surface area is 213 Å². The summed E-state index contributed by atoms with van der Waals surface area (Å²) in [6.07, 6.45) is 0. The van der Waals surface area contributed by atoms with Crippen LogP contribution < -0.4 is 4.74 Å². The Morgan fingerprint density at radius 3 is 2.22 bits per heavy atom. The number of likely N-dealkylation sites (N-methyl/N-ethyl adjacent to an activating group) is 2. The van der Waals surface area contributed by atoms with Gasteiger partial charge in [-0.2, -0.15) is 0 Å². The minimum atomic E-state index is -0.917. The monoisotopic (exact) mass is 485 g/mol. The predicted octanol–water partition coefficient (Wildman–Crippen LogP) is 5.02. The Morgan fingerprint density at radius 2 is 1.53 bits per heavy atom. The van der Waals surface area contributed by atoms with Gasteiger partial charge in [0.1, 0.15) is 18.1 Å². The molecule has 0 spiro atoms. The van der Waals surface area contributed by atoms with Crippen LogP contribution in [0.25, 0.3) is 10.9 Å². The third-order valence-corrected chi connectivity index (χ3v) is 6.44. The Balaban J connectivity index is 1.89. The molecule has 1 heterocycles. The van der Waals surface area contributed by atoms with Gasteiger partial charge >= 0.3 is 5.97 Å². The highest BCUT2D eigenvalue weighted by Crippen LogP contribution is 2.40. The summed E-state index contributed by atoms with van der Waals surface area (Å²) < 4.78 is 8.19. The van der Waals surface area contributed by atoms with Gasteiger partial charge in [-0.15, -0.1) is 0 Å². The van der Waals surface area contributed by atoms with Gasteiger partial charge in [-0.05, 0) is 57.5 Å². The lowest BCUT2D eigenvalue weighted by atomic mass is 9.83. The highest BCUT2D eigenvalue weighted by atomic mass is 16.5. The van der Waals surface area contributed by atoms with Crippen molar-refractivity contribution in [2.75, 3.05) is 47.9 Å². The van der Waals surface area contributed by atoms with Crippen LogP contribution in [-0.4, -0.2) is 73.3 Å².